The first-order chi connectivity index (χ1) is 21.6. The maximum atomic E-state index is 13.9. The molecule has 0 fully saturated rings. The zero-order valence-corrected chi connectivity index (χ0v) is 28.6. The molecule has 0 bridgehead atoms. The van der Waals surface area contributed by atoms with Crippen LogP contribution in [0.3, 0.4) is 0 Å². The molecular formula is C35H32BrCl2N3O4. The molecule has 0 spiro atoms. The molecule has 1 aromatic heterocycles. The van der Waals surface area contributed by atoms with Gasteiger partial charge in [0.05, 0.1) is 45.4 Å². The first-order valence-corrected chi connectivity index (χ1v) is 15.9. The van der Waals surface area contributed by atoms with E-state index in [-0.39, 0.29) is 18.1 Å². The van der Waals surface area contributed by atoms with E-state index in [0.717, 1.165) is 28.0 Å². The molecule has 0 N–H and O–H groups in total. The van der Waals surface area contributed by atoms with Crippen LogP contribution >= 0.6 is 39.1 Å². The maximum absolute atomic E-state index is 13.9. The van der Waals surface area contributed by atoms with E-state index in [1.165, 1.54) is 4.68 Å². The Morgan fingerprint density at radius 3 is 2.49 bits per heavy atom. The fraction of sp³-hybridized carbons (Fsp3) is 0.229. The van der Waals surface area contributed by atoms with Crippen molar-refractivity contribution in [3.63, 3.8) is 0 Å². The van der Waals surface area contributed by atoms with Crippen LogP contribution in [0.15, 0.2) is 81.1 Å². The number of rotatable bonds is 10. The van der Waals surface area contributed by atoms with E-state index in [9.17, 15) is 4.79 Å². The van der Waals surface area contributed by atoms with Crippen LogP contribution in [0, 0.1) is 6.92 Å². The Labute approximate surface area is 280 Å². The van der Waals surface area contributed by atoms with Crippen LogP contribution in [0.2, 0.25) is 10.0 Å². The van der Waals surface area contributed by atoms with Crippen LogP contribution in [0.25, 0.3) is 22.3 Å². The molecule has 5 rings (SSSR count). The van der Waals surface area contributed by atoms with E-state index in [1.54, 1.807) is 37.6 Å². The summed E-state index contributed by atoms with van der Waals surface area (Å²) in [5.41, 5.74) is 4.59. The SMILES string of the molecule is CCOc1cc(C)c(-c2nc3ccccc3c(=O)n2N=Cc2cc(Br)c(OCc3ccc(Cl)c(Cl)c3)c(OC)c2)cc1C(C)C. The number of aryl methyl sites for hydroxylation is 1. The van der Waals surface area contributed by atoms with E-state index >= 15 is 0 Å². The second-order valence-corrected chi connectivity index (χ2v) is 12.3. The number of hydrogen-bond donors (Lipinski definition) is 0. The van der Waals surface area contributed by atoms with Crippen LogP contribution < -0.4 is 19.8 Å². The minimum absolute atomic E-state index is 0.192. The molecule has 0 radical (unpaired) electrons. The lowest BCUT2D eigenvalue weighted by molar-refractivity contribution is 0.282. The molecule has 45 heavy (non-hydrogen) atoms. The van der Waals surface area contributed by atoms with Gasteiger partial charge in [-0.25, -0.2) is 4.98 Å². The number of nitrogens with zero attached hydrogens (tertiary/aromatic N) is 3. The summed E-state index contributed by atoms with van der Waals surface area (Å²) in [4.78, 5) is 18.8. The molecule has 0 unspecified atom stereocenters. The molecular weight excluding hydrogens is 677 g/mol. The molecule has 0 amide bonds. The zero-order chi connectivity index (χ0) is 32.2. The van der Waals surface area contributed by atoms with Gasteiger partial charge < -0.3 is 14.2 Å². The Kier molecular flexibility index (Phi) is 10.2. The third-order valence-corrected chi connectivity index (χ3v) is 8.54. The van der Waals surface area contributed by atoms with Crippen LogP contribution in [0.4, 0.5) is 0 Å². The van der Waals surface area contributed by atoms with Crippen LogP contribution in [0.1, 0.15) is 48.9 Å². The molecule has 7 nitrogen and oxygen atoms in total. The van der Waals surface area contributed by atoms with Crippen LogP contribution in [-0.4, -0.2) is 29.6 Å². The standard InChI is InChI=1S/C35H32BrCl2N3O4/c1-6-44-31-13-21(4)26(17-25(31)20(2)3)34-40-30-10-8-7-9-24(30)35(42)41(34)39-18-23-14-27(36)33(32(16-23)43-5)45-19-22-11-12-28(37)29(38)15-22/h7-18,20H,6,19H2,1-5H3. The molecule has 4 aromatic carbocycles. The van der Waals surface area contributed by atoms with Gasteiger partial charge in [-0.05, 0) is 106 Å². The van der Waals surface area contributed by atoms with Gasteiger partial charge in [-0.1, -0.05) is 55.2 Å². The van der Waals surface area contributed by atoms with Gasteiger partial charge >= 0.3 is 0 Å². The Morgan fingerprint density at radius 2 is 1.78 bits per heavy atom. The molecule has 0 saturated heterocycles. The predicted octanol–water partition coefficient (Wildman–Crippen LogP) is 9.43. The van der Waals surface area contributed by atoms with E-state index in [1.807, 2.05) is 56.3 Å². The molecule has 1 heterocycles. The van der Waals surface area contributed by atoms with Crippen molar-refractivity contribution in [3.8, 4) is 28.6 Å². The number of fused-ring (bicyclic) bond motifs is 1. The first-order valence-electron chi connectivity index (χ1n) is 14.4. The van der Waals surface area contributed by atoms with E-state index < -0.39 is 0 Å². The second-order valence-electron chi connectivity index (χ2n) is 10.7. The van der Waals surface area contributed by atoms with Crippen molar-refractivity contribution in [3.05, 3.63) is 114 Å². The van der Waals surface area contributed by atoms with Gasteiger partial charge in [0.25, 0.3) is 5.56 Å². The number of benzene rings is 4. The van der Waals surface area contributed by atoms with E-state index in [2.05, 4.69) is 34.9 Å². The van der Waals surface area contributed by atoms with Gasteiger partial charge in [0.15, 0.2) is 17.3 Å². The number of hydrogen-bond acceptors (Lipinski definition) is 6. The monoisotopic (exact) mass is 707 g/mol. The lowest BCUT2D eigenvalue weighted by atomic mass is 9.96. The average molecular weight is 709 g/mol. The lowest BCUT2D eigenvalue weighted by Crippen LogP contribution is -2.21. The smallest absolute Gasteiger partial charge is 0.282 e. The van der Waals surface area contributed by atoms with Gasteiger partial charge in [0, 0.05) is 5.56 Å². The van der Waals surface area contributed by atoms with Crippen LogP contribution in [0.5, 0.6) is 17.2 Å². The summed E-state index contributed by atoms with van der Waals surface area (Å²) < 4.78 is 19.7. The number of halogens is 3. The number of ether oxygens (including phenoxy) is 3. The first kappa shape index (κ1) is 32.5. The molecule has 232 valence electrons. The third-order valence-electron chi connectivity index (χ3n) is 7.21. The van der Waals surface area contributed by atoms with Crippen molar-refractivity contribution >= 4 is 56.2 Å². The highest BCUT2D eigenvalue weighted by atomic mass is 79.9. The van der Waals surface area contributed by atoms with Gasteiger partial charge in [-0.2, -0.15) is 9.78 Å². The number of methoxy groups -OCH3 is 1. The maximum Gasteiger partial charge on any atom is 0.282 e. The highest BCUT2D eigenvalue weighted by molar-refractivity contribution is 9.10. The normalized spacial score (nSPS) is 11.5. The minimum atomic E-state index is -0.279. The number of aromatic nitrogens is 2. The Bertz CT molecular complexity index is 1970. The summed E-state index contributed by atoms with van der Waals surface area (Å²) in [7, 11) is 1.56. The van der Waals surface area contributed by atoms with Crippen molar-refractivity contribution in [2.24, 2.45) is 5.10 Å². The molecule has 0 aliphatic carbocycles. The van der Waals surface area contributed by atoms with Gasteiger partial charge in [0.2, 0.25) is 0 Å². The molecule has 0 aliphatic rings. The molecule has 0 saturated carbocycles. The quantitative estimate of drug-likeness (QED) is 0.135. The highest BCUT2D eigenvalue weighted by Gasteiger charge is 2.19. The third kappa shape index (κ3) is 7.03. The summed E-state index contributed by atoms with van der Waals surface area (Å²) in [6.45, 7) is 8.97. The van der Waals surface area contributed by atoms with Gasteiger partial charge in [-0.15, -0.1) is 0 Å². The summed E-state index contributed by atoms with van der Waals surface area (Å²) in [5.74, 6) is 2.45. The Morgan fingerprint density at radius 1 is 1.00 bits per heavy atom. The fourth-order valence-electron chi connectivity index (χ4n) is 4.94. The predicted molar refractivity (Wildman–Crippen MR) is 186 cm³/mol. The van der Waals surface area contributed by atoms with Gasteiger partial charge in [0.1, 0.15) is 12.4 Å². The Balaban J connectivity index is 1.57. The molecule has 0 atom stereocenters. The highest BCUT2D eigenvalue weighted by Crippen LogP contribution is 2.38. The molecule has 10 heteroatoms. The van der Waals surface area contributed by atoms with Crippen molar-refractivity contribution < 1.29 is 14.2 Å². The van der Waals surface area contributed by atoms with Crippen molar-refractivity contribution in [1.82, 2.24) is 9.66 Å². The summed E-state index contributed by atoms with van der Waals surface area (Å²) in [6, 6.07) is 20.3. The molecule has 5 aromatic rings. The van der Waals surface area contributed by atoms with E-state index in [0.29, 0.717) is 54.9 Å². The topological polar surface area (TPSA) is 74.9 Å². The lowest BCUT2D eigenvalue weighted by Gasteiger charge is -2.18. The summed E-state index contributed by atoms with van der Waals surface area (Å²) in [6.07, 6.45) is 1.60. The fourth-order valence-corrected chi connectivity index (χ4v) is 5.83. The number of para-hydroxylation sites is 1. The van der Waals surface area contributed by atoms with Crippen molar-refractivity contribution in [2.75, 3.05) is 13.7 Å². The van der Waals surface area contributed by atoms with E-state index in [4.69, 9.17) is 42.4 Å². The summed E-state index contributed by atoms with van der Waals surface area (Å²) >= 11 is 15.8. The molecule has 0 aliphatic heterocycles. The van der Waals surface area contributed by atoms with Crippen molar-refractivity contribution in [1.29, 1.82) is 0 Å². The van der Waals surface area contributed by atoms with Gasteiger partial charge in [-0.3, -0.25) is 4.79 Å². The second kappa shape index (κ2) is 14.1. The zero-order valence-electron chi connectivity index (χ0n) is 25.5. The average Bonchev–Trinajstić information content (AvgIpc) is 3.01. The van der Waals surface area contributed by atoms with Crippen molar-refractivity contribution in [2.45, 2.75) is 40.2 Å². The minimum Gasteiger partial charge on any atom is -0.494 e. The summed E-state index contributed by atoms with van der Waals surface area (Å²) in [5, 5.41) is 6.07. The van der Waals surface area contributed by atoms with Crippen LogP contribution in [-0.2, 0) is 6.61 Å². The largest absolute Gasteiger partial charge is 0.494 e. The Hall–Kier alpha value is -3.85.